The lowest BCUT2D eigenvalue weighted by Gasteiger charge is -2.34. The molecule has 0 atom stereocenters. The Balaban J connectivity index is 1.24. The van der Waals surface area contributed by atoms with E-state index in [1.165, 1.54) is 28.0 Å². The van der Waals surface area contributed by atoms with Crippen molar-refractivity contribution < 1.29 is 32.0 Å². The van der Waals surface area contributed by atoms with E-state index in [4.69, 9.17) is 9.15 Å². The van der Waals surface area contributed by atoms with Crippen LogP contribution < -0.4 is 10.3 Å². The van der Waals surface area contributed by atoms with Gasteiger partial charge in [-0.15, -0.1) is 0 Å². The average Bonchev–Trinajstić information content (AvgIpc) is 3.63. The second-order valence-electron chi connectivity index (χ2n) is 10.2. The number of benzene rings is 2. The number of esters is 1. The van der Waals surface area contributed by atoms with E-state index in [0.717, 1.165) is 6.07 Å². The van der Waals surface area contributed by atoms with Gasteiger partial charge >= 0.3 is 5.97 Å². The predicted octanol–water partition coefficient (Wildman–Crippen LogP) is 2.33. The number of carbonyl (C=O) groups is 3. The molecule has 0 saturated carbocycles. The minimum absolute atomic E-state index is 0.0407. The fourth-order valence-corrected chi connectivity index (χ4v) is 6.02. The number of rotatable bonds is 8. The van der Waals surface area contributed by atoms with E-state index < -0.39 is 34.1 Å². The van der Waals surface area contributed by atoms with Crippen LogP contribution in [0.1, 0.15) is 32.2 Å². The van der Waals surface area contributed by atoms with Crippen LogP contribution in [0.3, 0.4) is 0 Å². The third-order valence-corrected chi connectivity index (χ3v) is 8.86. The van der Waals surface area contributed by atoms with Crippen molar-refractivity contribution in [2.45, 2.75) is 18.7 Å². The number of carbonyl (C=O) groups excluding carboxylic acids is 3. The highest BCUT2D eigenvalue weighted by Crippen LogP contribution is 2.22. The van der Waals surface area contributed by atoms with E-state index in [-0.39, 0.29) is 40.9 Å². The Bertz CT molecular complexity index is 1870. The Labute approximate surface area is 253 Å². The zero-order chi connectivity index (χ0) is 31.6. The fourth-order valence-electron chi connectivity index (χ4n) is 4.88. The smallest absolute Gasteiger partial charge is 0.338 e. The molecule has 14 heteroatoms. The minimum atomic E-state index is -4.29. The van der Waals surface area contributed by atoms with Crippen LogP contribution in [0.2, 0.25) is 0 Å². The first kappa shape index (κ1) is 30.4. The molecule has 0 unspecified atom stereocenters. The summed E-state index contributed by atoms with van der Waals surface area (Å²) in [5.74, 6) is -1.36. The Kier molecular flexibility index (Phi) is 8.45. The summed E-state index contributed by atoms with van der Waals surface area (Å²) in [4.78, 5) is 54.1. The van der Waals surface area contributed by atoms with E-state index in [0.29, 0.717) is 30.0 Å². The third kappa shape index (κ3) is 6.01. The van der Waals surface area contributed by atoms with Crippen molar-refractivity contribution >= 4 is 33.5 Å². The minimum Gasteiger partial charge on any atom is -0.459 e. The molecule has 44 heavy (non-hydrogen) atoms. The van der Waals surface area contributed by atoms with Gasteiger partial charge in [-0.3, -0.25) is 23.8 Å². The van der Waals surface area contributed by atoms with Crippen LogP contribution in [0.4, 0.5) is 5.69 Å². The van der Waals surface area contributed by atoms with Crippen LogP contribution in [0.5, 0.6) is 0 Å². The molecule has 1 fully saturated rings. The Hall–Kier alpha value is -5.11. The molecule has 1 aliphatic rings. The number of nitrogens with zero attached hydrogens (tertiary/aromatic N) is 4. The Morgan fingerprint density at radius 1 is 0.932 bits per heavy atom. The number of anilines is 1. The predicted molar refractivity (Wildman–Crippen MR) is 159 cm³/mol. The van der Waals surface area contributed by atoms with Gasteiger partial charge in [0.2, 0.25) is 0 Å². The van der Waals surface area contributed by atoms with Crippen LogP contribution in [0.25, 0.3) is 5.69 Å². The van der Waals surface area contributed by atoms with Crippen molar-refractivity contribution in [2.24, 2.45) is 7.05 Å². The van der Waals surface area contributed by atoms with Crippen LogP contribution >= 0.6 is 0 Å². The molecule has 4 aromatic rings. The molecule has 230 valence electrons. The summed E-state index contributed by atoms with van der Waals surface area (Å²) in [5, 5.41) is 0. The fraction of sp³-hybridized carbons (Fsp3) is 0.267. The number of piperazine rings is 1. The number of furan rings is 1. The molecule has 1 saturated heterocycles. The number of sulfonamides is 1. The van der Waals surface area contributed by atoms with Gasteiger partial charge in [-0.1, -0.05) is 24.3 Å². The maximum Gasteiger partial charge on any atom is 0.338 e. The molecule has 13 nitrogen and oxygen atoms in total. The molecular formula is C30H31N5O8S. The first-order valence-corrected chi connectivity index (χ1v) is 15.2. The first-order chi connectivity index (χ1) is 21.0. The van der Waals surface area contributed by atoms with Crippen molar-refractivity contribution in [2.75, 3.05) is 37.5 Å². The van der Waals surface area contributed by atoms with Gasteiger partial charge in [0.1, 0.15) is 5.69 Å². The monoisotopic (exact) mass is 621 g/mol. The summed E-state index contributed by atoms with van der Waals surface area (Å²) in [6.45, 7) is 3.77. The van der Waals surface area contributed by atoms with Gasteiger partial charge in [-0.05, 0) is 55.8 Å². The van der Waals surface area contributed by atoms with Gasteiger partial charge < -0.3 is 19.0 Å². The molecule has 1 N–H and O–H groups in total. The van der Waals surface area contributed by atoms with Crippen molar-refractivity contribution in [3.8, 4) is 5.69 Å². The standard InChI is InChI=1S/C30H31N5O8S/c1-20-11-12-23(44(40,41)31-27-21(2)32(3)35(29(27)38)22-8-5-4-6-9-22)18-24(20)30(39)43-19-26(36)33-13-15-34(16-14-33)28(37)25-10-7-17-42-25/h4-12,17-18,31H,13-16,19H2,1-3H3. The number of hydrogen-bond donors (Lipinski definition) is 1. The lowest BCUT2D eigenvalue weighted by molar-refractivity contribution is -0.136. The zero-order valence-electron chi connectivity index (χ0n) is 24.3. The van der Waals surface area contributed by atoms with Crippen LogP contribution in [0.15, 0.2) is 81.0 Å². The lowest BCUT2D eigenvalue weighted by atomic mass is 10.1. The molecule has 0 bridgehead atoms. The molecule has 0 spiro atoms. The quantitative estimate of drug-likeness (QED) is 0.294. The topological polar surface area (TPSA) is 153 Å². The molecule has 2 amide bonds. The van der Waals surface area contributed by atoms with Gasteiger partial charge in [0.25, 0.3) is 27.4 Å². The summed E-state index contributed by atoms with van der Waals surface area (Å²) in [7, 11) is -2.65. The first-order valence-electron chi connectivity index (χ1n) is 13.7. The van der Waals surface area contributed by atoms with E-state index in [2.05, 4.69) is 4.72 Å². The van der Waals surface area contributed by atoms with Gasteiger partial charge in [-0.2, -0.15) is 0 Å². The number of nitrogens with one attached hydrogen (secondary N) is 1. The maximum absolute atomic E-state index is 13.4. The van der Waals surface area contributed by atoms with Gasteiger partial charge in [-0.25, -0.2) is 17.9 Å². The van der Waals surface area contributed by atoms with E-state index in [1.54, 1.807) is 72.9 Å². The highest BCUT2D eigenvalue weighted by Gasteiger charge is 2.28. The second-order valence-corrected chi connectivity index (χ2v) is 11.9. The van der Waals surface area contributed by atoms with Crippen molar-refractivity contribution in [3.63, 3.8) is 0 Å². The van der Waals surface area contributed by atoms with Gasteiger partial charge in [0.15, 0.2) is 12.4 Å². The maximum atomic E-state index is 13.4. The number of para-hydroxylation sites is 1. The summed E-state index contributed by atoms with van der Waals surface area (Å²) in [6, 6.07) is 15.9. The van der Waals surface area contributed by atoms with Crippen LogP contribution in [0, 0.1) is 13.8 Å². The average molecular weight is 622 g/mol. The highest BCUT2D eigenvalue weighted by molar-refractivity contribution is 7.92. The van der Waals surface area contributed by atoms with Crippen molar-refractivity contribution in [3.05, 3.63) is 99.9 Å². The molecule has 0 aliphatic carbocycles. The summed E-state index contributed by atoms with van der Waals surface area (Å²) in [6.07, 6.45) is 1.41. The van der Waals surface area contributed by atoms with Crippen LogP contribution in [-0.4, -0.2) is 78.2 Å². The number of aryl methyl sites for hydroxylation is 1. The van der Waals surface area contributed by atoms with E-state index in [1.807, 2.05) is 0 Å². The summed E-state index contributed by atoms with van der Waals surface area (Å²) >= 11 is 0. The number of hydrogen-bond acceptors (Lipinski definition) is 8. The Morgan fingerprint density at radius 3 is 2.27 bits per heavy atom. The molecule has 2 aromatic heterocycles. The molecule has 1 aliphatic heterocycles. The lowest BCUT2D eigenvalue weighted by Crippen LogP contribution is -2.51. The van der Waals surface area contributed by atoms with Crippen LogP contribution in [-0.2, 0) is 26.6 Å². The van der Waals surface area contributed by atoms with Crippen molar-refractivity contribution in [1.82, 2.24) is 19.2 Å². The summed E-state index contributed by atoms with van der Waals surface area (Å²) < 4.78 is 42.4. The number of amides is 2. The van der Waals surface area contributed by atoms with E-state index in [9.17, 15) is 27.6 Å². The molecular weight excluding hydrogens is 590 g/mol. The summed E-state index contributed by atoms with van der Waals surface area (Å²) in [5.41, 5.74) is 0.662. The number of ether oxygens (including phenoxy) is 1. The zero-order valence-corrected chi connectivity index (χ0v) is 25.2. The third-order valence-electron chi connectivity index (χ3n) is 7.51. The Morgan fingerprint density at radius 2 is 1.61 bits per heavy atom. The molecule has 2 aromatic carbocycles. The molecule has 0 radical (unpaired) electrons. The largest absolute Gasteiger partial charge is 0.459 e. The second kappa shape index (κ2) is 12.2. The van der Waals surface area contributed by atoms with Gasteiger partial charge in [0.05, 0.1) is 28.1 Å². The van der Waals surface area contributed by atoms with Crippen molar-refractivity contribution in [1.29, 1.82) is 0 Å². The molecule has 5 rings (SSSR count). The highest BCUT2D eigenvalue weighted by atomic mass is 32.2. The molecule has 3 heterocycles. The SMILES string of the molecule is Cc1ccc(S(=O)(=O)Nc2c(C)n(C)n(-c3ccccc3)c2=O)cc1C(=O)OCC(=O)N1CCN(C(=O)c2ccco2)CC1. The normalized spacial score (nSPS) is 13.5. The number of aromatic nitrogens is 2. The van der Waals surface area contributed by atoms with E-state index >= 15 is 0 Å². The van der Waals surface area contributed by atoms with Gasteiger partial charge in [0, 0.05) is 33.2 Å².